The summed E-state index contributed by atoms with van der Waals surface area (Å²) in [6.07, 6.45) is 1.59. The number of aromatic nitrogens is 1. The minimum atomic E-state index is -0.702. The van der Waals surface area contributed by atoms with Gasteiger partial charge in [0.05, 0.1) is 24.3 Å². The molecule has 0 bridgehead atoms. The number of fused-ring (bicyclic) bond motifs is 1. The average Bonchev–Trinajstić information content (AvgIpc) is 3.10. The fourth-order valence-corrected chi connectivity index (χ4v) is 3.14. The number of hydrogen-bond donors (Lipinski definition) is 3. The van der Waals surface area contributed by atoms with Crippen LogP contribution in [-0.4, -0.2) is 40.1 Å². The van der Waals surface area contributed by atoms with E-state index in [1.54, 1.807) is 25.1 Å². The van der Waals surface area contributed by atoms with E-state index in [1.807, 2.05) is 37.4 Å². The summed E-state index contributed by atoms with van der Waals surface area (Å²) in [5.41, 5.74) is 0.830. The quantitative estimate of drug-likeness (QED) is 0.528. The Bertz CT molecular complexity index is 921. The predicted molar refractivity (Wildman–Crippen MR) is 108 cm³/mol. The SMILES string of the molecule is CC(Oc1ccc2ccn(CCNC(C)(CO)CO)c2c1)c1ccccc1F. The lowest BCUT2D eigenvalue weighted by Gasteiger charge is -2.26. The van der Waals surface area contributed by atoms with Gasteiger partial charge in [0.1, 0.15) is 17.7 Å². The van der Waals surface area contributed by atoms with Crippen molar-refractivity contribution < 1.29 is 19.3 Å². The molecule has 1 heterocycles. The molecule has 0 aliphatic heterocycles. The second-order valence-corrected chi connectivity index (χ2v) is 7.32. The zero-order valence-electron chi connectivity index (χ0n) is 16.2. The molecule has 0 radical (unpaired) electrons. The summed E-state index contributed by atoms with van der Waals surface area (Å²) in [7, 11) is 0. The molecule has 3 N–H and O–H groups in total. The molecule has 28 heavy (non-hydrogen) atoms. The Labute approximate surface area is 164 Å². The normalized spacial score (nSPS) is 13.0. The summed E-state index contributed by atoms with van der Waals surface area (Å²) in [6.45, 7) is 4.60. The molecule has 0 aliphatic carbocycles. The van der Waals surface area contributed by atoms with E-state index in [9.17, 15) is 14.6 Å². The van der Waals surface area contributed by atoms with Crippen molar-refractivity contribution in [2.75, 3.05) is 19.8 Å². The first-order valence-corrected chi connectivity index (χ1v) is 9.42. The molecule has 5 nitrogen and oxygen atoms in total. The van der Waals surface area contributed by atoms with Gasteiger partial charge in [0.2, 0.25) is 0 Å². The molecule has 0 saturated carbocycles. The van der Waals surface area contributed by atoms with Gasteiger partial charge in [0.25, 0.3) is 0 Å². The van der Waals surface area contributed by atoms with Crippen molar-refractivity contribution >= 4 is 10.9 Å². The van der Waals surface area contributed by atoms with Crippen LogP contribution in [0.15, 0.2) is 54.7 Å². The summed E-state index contributed by atoms with van der Waals surface area (Å²) >= 11 is 0. The van der Waals surface area contributed by atoms with E-state index in [0.29, 0.717) is 24.4 Å². The van der Waals surface area contributed by atoms with Gasteiger partial charge in [-0.15, -0.1) is 0 Å². The molecule has 0 saturated heterocycles. The number of hydrogen-bond acceptors (Lipinski definition) is 4. The van der Waals surface area contributed by atoms with Crippen LogP contribution in [0.1, 0.15) is 25.5 Å². The van der Waals surface area contributed by atoms with Crippen LogP contribution in [0.4, 0.5) is 4.39 Å². The first-order chi connectivity index (χ1) is 13.5. The van der Waals surface area contributed by atoms with Gasteiger partial charge in [0, 0.05) is 30.9 Å². The summed E-state index contributed by atoms with van der Waals surface area (Å²) in [6, 6.07) is 14.5. The standard InChI is InChI=1S/C22H27FN2O3/c1-16(19-5-3-4-6-20(19)23)28-18-8-7-17-9-11-25(21(17)13-18)12-10-24-22(2,14-26)15-27/h3-9,11,13,16,24,26-27H,10,12,14-15H2,1-2H3. The van der Waals surface area contributed by atoms with E-state index in [4.69, 9.17) is 4.74 Å². The van der Waals surface area contributed by atoms with Crippen LogP contribution in [0.2, 0.25) is 0 Å². The number of nitrogens with zero attached hydrogens (tertiary/aromatic N) is 1. The number of nitrogens with one attached hydrogen (secondary N) is 1. The Morgan fingerprint density at radius 1 is 1.14 bits per heavy atom. The number of ether oxygens (including phenoxy) is 1. The largest absolute Gasteiger partial charge is 0.486 e. The van der Waals surface area contributed by atoms with Crippen molar-refractivity contribution in [2.45, 2.75) is 32.0 Å². The summed E-state index contributed by atoms with van der Waals surface area (Å²) in [4.78, 5) is 0. The average molecular weight is 386 g/mol. The van der Waals surface area contributed by atoms with Crippen LogP contribution in [-0.2, 0) is 6.54 Å². The molecule has 0 aliphatic rings. The molecule has 6 heteroatoms. The molecule has 1 unspecified atom stereocenters. The van der Waals surface area contributed by atoms with Gasteiger partial charge < -0.3 is 24.8 Å². The number of halogens is 1. The lowest BCUT2D eigenvalue weighted by atomic mass is 10.1. The van der Waals surface area contributed by atoms with Crippen molar-refractivity contribution in [2.24, 2.45) is 0 Å². The maximum Gasteiger partial charge on any atom is 0.130 e. The summed E-state index contributed by atoms with van der Waals surface area (Å²) in [5, 5.41) is 23.0. The van der Waals surface area contributed by atoms with Crippen LogP contribution in [0, 0.1) is 5.82 Å². The Balaban J connectivity index is 1.72. The van der Waals surface area contributed by atoms with Crippen molar-refractivity contribution in [3.8, 4) is 5.75 Å². The Morgan fingerprint density at radius 2 is 1.89 bits per heavy atom. The van der Waals surface area contributed by atoms with E-state index in [2.05, 4.69) is 9.88 Å². The third-order valence-electron chi connectivity index (χ3n) is 5.00. The second kappa shape index (κ2) is 8.73. The highest BCUT2D eigenvalue weighted by Crippen LogP contribution is 2.27. The molecule has 3 rings (SSSR count). The van der Waals surface area contributed by atoms with Gasteiger partial charge >= 0.3 is 0 Å². The van der Waals surface area contributed by atoms with Gasteiger partial charge in [-0.3, -0.25) is 0 Å². The fourth-order valence-electron chi connectivity index (χ4n) is 3.14. The van der Waals surface area contributed by atoms with Crippen LogP contribution < -0.4 is 10.1 Å². The van der Waals surface area contributed by atoms with Crippen LogP contribution in [0.25, 0.3) is 10.9 Å². The number of aliphatic hydroxyl groups excluding tert-OH is 2. The smallest absolute Gasteiger partial charge is 0.130 e. The third kappa shape index (κ3) is 4.52. The zero-order chi connectivity index (χ0) is 20.1. The summed E-state index contributed by atoms with van der Waals surface area (Å²) in [5.74, 6) is 0.396. The van der Waals surface area contributed by atoms with Crippen LogP contribution >= 0.6 is 0 Å². The van der Waals surface area contributed by atoms with Gasteiger partial charge in [-0.05, 0) is 43.5 Å². The van der Waals surface area contributed by atoms with E-state index in [-0.39, 0.29) is 19.0 Å². The van der Waals surface area contributed by atoms with E-state index < -0.39 is 11.6 Å². The van der Waals surface area contributed by atoms with Crippen molar-refractivity contribution in [1.82, 2.24) is 9.88 Å². The second-order valence-electron chi connectivity index (χ2n) is 7.32. The lowest BCUT2D eigenvalue weighted by molar-refractivity contribution is 0.104. The zero-order valence-corrected chi connectivity index (χ0v) is 16.2. The predicted octanol–water partition coefficient (Wildman–Crippen LogP) is 3.25. The van der Waals surface area contributed by atoms with Crippen LogP contribution in [0.5, 0.6) is 5.75 Å². The first-order valence-electron chi connectivity index (χ1n) is 9.42. The Hall–Kier alpha value is -2.41. The number of rotatable bonds is 9. The van der Waals surface area contributed by atoms with E-state index in [0.717, 1.165) is 10.9 Å². The van der Waals surface area contributed by atoms with E-state index >= 15 is 0 Å². The number of aliphatic hydroxyl groups is 2. The van der Waals surface area contributed by atoms with Gasteiger partial charge in [0.15, 0.2) is 0 Å². The monoisotopic (exact) mass is 386 g/mol. The Morgan fingerprint density at radius 3 is 2.61 bits per heavy atom. The lowest BCUT2D eigenvalue weighted by Crippen LogP contribution is -2.49. The highest BCUT2D eigenvalue weighted by Gasteiger charge is 2.20. The molecular formula is C22H27FN2O3. The topological polar surface area (TPSA) is 66.7 Å². The van der Waals surface area contributed by atoms with Crippen LogP contribution in [0.3, 0.4) is 0 Å². The van der Waals surface area contributed by atoms with Gasteiger partial charge in [-0.2, -0.15) is 0 Å². The molecule has 1 atom stereocenters. The number of benzene rings is 2. The molecule has 0 amide bonds. The highest BCUT2D eigenvalue weighted by molar-refractivity contribution is 5.81. The Kier molecular flexibility index (Phi) is 6.34. The minimum Gasteiger partial charge on any atom is -0.486 e. The molecule has 3 aromatic rings. The van der Waals surface area contributed by atoms with Gasteiger partial charge in [-0.25, -0.2) is 4.39 Å². The maximum absolute atomic E-state index is 14.0. The molecular weight excluding hydrogens is 359 g/mol. The molecule has 0 fully saturated rings. The third-order valence-corrected chi connectivity index (χ3v) is 5.00. The minimum absolute atomic E-state index is 0.137. The molecule has 2 aromatic carbocycles. The van der Waals surface area contributed by atoms with Crippen molar-refractivity contribution in [3.63, 3.8) is 0 Å². The maximum atomic E-state index is 14.0. The van der Waals surface area contributed by atoms with Crippen molar-refractivity contribution in [1.29, 1.82) is 0 Å². The van der Waals surface area contributed by atoms with Crippen molar-refractivity contribution in [3.05, 3.63) is 66.1 Å². The van der Waals surface area contributed by atoms with Gasteiger partial charge in [-0.1, -0.05) is 18.2 Å². The summed E-state index contributed by atoms with van der Waals surface area (Å²) < 4.78 is 22.0. The molecule has 1 aromatic heterocycles. The van der Waals surface area contributed by atoms with E-state index in [1.165, 1.54) is 6.07 Å². The highest BCUT2D eigenvalue weighted by atomic mass is 19.1. The fraction of sp³-hybridized carbons (Fsp3) is 0.364. The molecule has 0 spiro atoms. The first kappa shape index (κ1) is 20.3. The molecule has 150 valence electrons.